The molecule has 0 aromatic carbocycles. The van der Waals surface area contributed by atoms with Crippen molar-refractivity contribution in [3.05, 3.63) is 60.8 Å². The van der Waals surface area contributed by atoms with E-state index in [0.717, 1.165) is 83.7 Å². The molecule has 4 unspecified atom stereocenters. The summed E-state index contributed by atoms with van der Waals surface area (Å²) in [5.41, 5.74) is -0.519. The molecular formula is C60H105NO7. The Morgan fingerprint density at radius 3 is 1.71 bits per heavy atom. The van der Waals surface area contributed by atoms with Gasteiger partial charge in [-0.15, -0.1) is 0 Å². The largest absolute Gasteiger partial charge is 0.463 e. The van der Waals surface area contributed by atoms with Gasteiger partial charge >= 0.3 is 11.9 Å². The van der Waals surface area contributed by atoms with Gasteiger partial charge in [-0.3, -0.25) is 9.59 Å². The minimum atomic E-state index is -0.519. The molecule has 2 rings (SSSR count). The quantitative estimate of drug-likeness (QED) is 0.0367. The lowest BCUT2D eigenvalue weighted by atomic mass is 9.80. The number of carbonyl (C=O) groups excluding carboxylic acids is 2. The highest BCUT2D eigenvalue weighted by molar-refractivity contribution is 5.77. The summed E-state index contributed by atoms with van der Waals surface area (Å²) in [5.74, 6) is -0.143. The number of unbranched alkanes of at least 4 members (excludes halogenated alkanes) is 18. The molecule has 0 radical (unpaired) electrons. The van der Waals surface area contributed by atoms with Crippen LogP contribution in [-0.4, -0.2) is 86.8 Å². The molecule has 2 aliphatic rings. The molecule has 8 nitrogen and oxygen atoms in total. The number of piperidine rings is 1. The highest BCUT2D eigenvalue weighted by Gasteiger charge is 2.44. The fraction of sp³-hybridized carbons (Fsp3) is 0.800. The van der Waals surface area contributed by atoms with E-state index >= 15 is 0 Å². The van der Waals surface area contributed by atoms with Crippen molar-refractivity contribution in [3.8, 4) is 0 Å². The van der Waals surface area contributed by atoms with Crippen molar-refractivity contribution in [2.24, 2.45) is 17.3 Å². The number of nitrogens with zero attached hydrogens (tertiary/aromatic N) is 1. The Bertz CT molecular complexity index is 1350. The fourth-order valence-electron chi connectivity index (χ4n) is 9.52. The summed E-state index contributed by atoms with van der Waals surface area (Å²) in [6.07, 6.45) is 56.6. The average Bonchev–Trinajstić information content (AvgIpc) is 3.71. The summed E-state index contributed by atoms with van der Waals surface area (Å²) >= 11 is 0. The van der Waals surface area contributed by atoms with E-state index in [9.17, 15) is 14.7 Å². The molecule has 1 N–H and O–H groups in total. The van der Waals surface area contributed by atoms with Gasteiger partial charge in [0, 0.05) is 32.1 Å². The van der Waals surface area contributed by atoms with Crippen molar-refractivity contribution >= 4 is 11.9 Å². The van der Waals surface area contributed by atoms with Gasteiger partial charge < -0.3 is 29.0 Å². The molecule has 1 saturated heterocycles. The third kappa shape index (κ3) is 31.7. The molecule has 0 spiro atoms. The first-order chi connectivity index (χ1) is 33.4. The minimum Gasteiger partial charge on any atom is -0.463 e. The van der Waals surface area contributed by atoms with Gasteiger partial charge in [0.15, 0.2) is 0 Å². The zero-order valence-corrected chi connectivity index (χ0v) is 44.5. The molecule has 1 heterocycles. The number of hydrogen-bond acceptors (Lipinski definition) is 8. The molecule has 1 aliphatic carbocycles. The first-order valence-corrected chi connectivity index (χ1v) is 28.5. The van der Waals surface area contributed by atoms with E-state index in [1.807, 2.05) is 6.92 Å². The summed E-state index contributed by atoms with van der Waals surface area (Å²) in [4.78, 5) is 29.3. The number of allylic oxidation sites excluding steroid dienone is 10. The lowest BCUT2D eigenvalue weighted by Gasteiger charge is -2.38. The second-order valence-electron chi connectivity index (χ2n) is 20.3. The molecule has 1 saturated carbocycles. The van der Waals surface area contributed by atoms with Crippen molar-refractivity contribution in [1.82, 2.24) is 4.90 Å². The molecule has 8 heteroatoms. The Kier molecular flexibility index (Phi) is 39.2. The number of hydrogen-bond donors (Lipinski definition) is 1. The van der Waals surface area contributed by atoms with Gasteiger partial charge in [-0.05, 0) is 142 Å². The highest BCUT2D eigenvalue weighted by atomic mass is 16.6. The first-order valence-electron chi connectivity index (χ1n) is 28.5. The van der Waals surface area contributed by atoms with E-state index in [-0.39, 0.29) is 49.2 Å². The predicted octanol–water partition coefficient (Wildman–Crippen LogP) is 15.3. The monoisotopic (exact) mass is 952 g/mol. The van der Waals surface area contributed by atoms with Gasteiger partial charge in [0.05, 0.1) is 18.6 Å². The second kappa shape index (κ2) is 43.3. The standard InChI is InChI=1S/C60H105NO7/c1-5-8-11-13-15-17-19-21-23-25-27-29-31-33-35-38-49-65-52-55(66-50-39-36-34-32-30-28-26-24-22-20-18-16-14-12-9-6-2)53-67-58(63)51-54-41-42-57(56(54)40-37-10-7-3)68-59(64)60(4)43-45-61(46-44-60)47-48-62/h10,15-18,21-24,37,54-57,62H,5-9,11-14,19-20,25-36,38-53H2,1-4H3/b17-15-,18-16-,23-21-,24-22-,37-10-. The first kappa shape index (κ1) is 61.6. The zero-order valence-electron chi connectivity index (χ0n) is 44.5. The maximum Gasteiger partial charge on any atom is 0.312 e. The molecule has 0 bridgehead atoms. The Balaban J connectivity index is 1.78. The van der Waals surface area contributed by atoms with E-state index in [1.54, 1.807) is 0 Å². The molecule has 4 atom stereocenters. The number of likely N-dealkylation sites (tertiary alicyclic amines) is 1. The zero-order chi connectivity index (χ0) is 49.0. The Hall–Kier alpha value is -2.52. The van der Waals surface area contributed by atoms with Crippen LogP contribution in [0.3, 0.4) is 0 Å². The molecule has 2 fully saturated rings. The van der Waals surface area contributed by atoms with Gasteiger partial charge in [0.25, 0.3) is 0 Å². The van der Waals surface area contributed by atoms with Crippen LogP contribution < -0.4 is 0 Å². The van der Waals surface area contributed by atoms with Crippen LogP contribution in [0.25, 0.3) is 0 Å². The normalized spacial score (nSPS) is 19.5. The summed E-state index contributed by atoms with van der Waals surface area (Å²) in [6.45, 7) is 13.0. The number of aliphatic hydroxyl groups is 1. The Morgan fingerprint density at radius 1 is 0.632 bits per heavy atom. The Morgan fingerprint density at radius 2 is 1.16 bits per heavy atom. The van der Waals surface area contributed by atoms with E-state index in [1.165, 1.54) is 122 Å². The smallest absolute Gasteiger partial charge is 0.312 e. The lowest BCUT2D eigenvalue weighted by molar-refractivity contribution is -0.165. The van der Waals surface area contributed by atoms with E-state index in [2.05, 4.69) is 86.4 Å². The van der Waals surface area contributed by atoms with Crippen LogP contribution in [-0.2, 0) is 28.5 Å². The van der Waals surface area contributed by atoms with Gasteiger partial charge in [-0.1, -0.05) is 159 Å². The third-order valence-corrected chi connectivity index (χ3v) is 14.2. The van der Waals surface area contributed by atoms with Gasteiger partial charge in [-0.25, -0.2) is 0 Å². The summed E-state index contributed by atoms with van der Waals surface area (Å²) < 4.78 is 24.8. The molecule has 68 heavy (non-hydrogen) atoms. The number of esters is 2. The van der Waals surface area contributed by atoms with Crippen molar-refractivity contribution < 1.29 is 33.6 Å². The summed E-state index contributed by atoms with van der Waals surface area (Å²) in [6, 6.07) is 0. The van der Waals surface area contributed by atoms with Crippen LogP contribution >= 0.6 is 0 Å². The van der Waals surface area contributed by atoms with Crippen LogP contribution in [0.4, 0.5) is 0 Å². The number of ether oxygens (including phenoxy) is 4. The van der Waals surface area contributed by atoms with Crippen LogP contribution in [0.2, 0.25) is 0 Å². The van der Waals surface area contributed by atoms with Gasteiger partial charge in [0.1, 0.15) is 18.8 Å². The van der Waals surface area contributed by atoms with Crippen molar-refractivity contribution in [1.29, 1.82) is 0 Å². The highest BCUT2D eigenvalue weighted by Crippen LogP contribution is 2.41. The molecule has 0 aromatic rings. The summed E-state index contributed by atoms with van der Waals surface area (Å²) in [5, 5.41) is 9.37. The molecule has 0 aromatic heterocycles. The average molecular weight is 952 g/mol. The maximum absolute atomic E-state index is 13.6. The minimum absolute atomic E-state index is 0.0840. The lowest BCUT2D eigenvalue weighted by Crippen LogP contribution is -2.45. The fourth-order valence-corrected chi connectivity index (χ4v) is 9.52. The predicted molar refractivity (Wildman–Crippen MR) is 286 cm³/mol. The van der Waals surface area contributed by atoms with Crippen LogP contribution in [0.5, 0.6) is 0 Å². The van der Waals surface area contributed by atoms with E-state index in [4.69, 9.17) is 18.9 Å². The van der Waals surface area contributed by atoms with E-state index < -0.39 is 5.41 Å². The van der Waals surface area contributed by atoms with Crippen molar-refractivity contribution in [3.63, 3.8) is 0 Å². The van der Waals surface area contributed by atoms with Crippen LogP contribution in [0.15, 0.2) is 60.8 Å². The maximum atomic E-state index is 13.6. The number of carbonyl (C=O) groups is 2. The number of rotatable bonds is 44. The number of β-amino-alcohol motifs (C(OH)–C–C–N with tert-alkyl or cyclic N) is 1. The third-order valence-electron chi connectivity index (χ3n) is 14.2. The van der Waals surface area contributed by atoms with Gasteiger partial charge in [0.2, 0.25) is 0 Å². The molecular weight excluding hydrogens is 847 g/mol. The second-order valence-corrected chi connectivity index (χ2v) is 20.3. The SMILES string of the molecule is CC/C=C\CC1C(CC(=O)OCC(COCCCCCCCC/C=C\C/C=C\CCCCC)OCCCCCCCC/C=C\C/C=C\CCCCC)CCC1OC(=O)C1(C)CCN(CCO)CC1. The Labute approximate surface area is 418 Å². The van der Waals surface area contributed by atoms with Crippen LogP contribution in [0.1, 0.15) is 227 Å². The summed E-state index contributed by atoms with van der Waals surface area (Å²) in [7, 11) is 0. The van der Waals surface area contributed by atoms with Crippen molar-refractivity contribution in [2.75, 3.05) is 52.7 Å². The number of aliphatic hydroxyl groups excluding tert-OH is 1. The topological polar surface area (TPSA) is 94.5 Å². The molecule has 392 valence electrons. The van der Waals surface area contributed by atoms with E-state index in [0.29, 0.717) is 32.8 Å². The molecule has 1 aliphatic heterocycles. The van der Waals surface area contributed by atoms with Gasteiger partial charge in [-0.2, -0.15) is 0 Å². The van der Waals surface area contributed by atoms with Crippen molar-refractivity contribution in [2.45, 2.75) is 239 Å². The van der Waals surface area contributed by atoms with Crippen LogP contribution in [0, 0.1) is 17.3 Å². The molecule has 0 amide bonds.